The molecule has 0 spiro atoms. The number of nitrogens with zero attached hydrogens (tertiary/aromatic N) is 4. The fourth-order valence-electron chi connectivity index (χ4n) is 3.27. The maximum Gasteiger partial charge on any atom is 0.267 e. The van der Waals surface area contributed by atoms with Crippen LogP contribution in [0.5, 0.6) is 11.5 Å². The van der Waals surface area contributed by atoms with Crippen LogP contribution in [-0.2, 0) is 18.3 Å². The molecule has 178 valence electrons. The highest BCUT2D eigenvalue weighted by Crippen LogP contribution is 2.25. The molecule has 5 N–H and O–H groups in total. The smallest absolute Gasteiger partial charge is 0.267 e. The van der Waals surface area contributed by atoms with Crippen LogP contribution in [0.4, 0.5) is 10.2 Å². The molecular formula is C24H22FN7O3. The number of imidazole rings is 1. The van der Waals surface area contributed by atoms with Gasteiger partial charge in [0.1, 0.15) is 34.9 Å². The Morgan fingerprint density at radius 1 is 1.06 bits per heavy atom. The molecule has 2 aromatic heterocycles. The van der Waals surface area contributed by atoms with E-state index < -0.39 is 17.9 Å². The van der Waals surface area contributed by atoms with E-state index in [0.29, 0.717) is 22.8 Å². The summed E-state index contributed by atoms with van der Waals surface area (Å²) in [4.78, 5) is 36.8. The number of primary amides is 2. The molecule has 0 radical (unpaired) electrons. The molecule has 0 aliphatic heterocycles. The van der Waals surface area contributed by atoms with E-state index in [1.807, 2.05) is 7.05 Å². The number of amides is 2. The number of nitrogens with one attached hydrogen (secondary N) is 1. The molecule has 2 aromatic carbocycles. The zero-order valence-electron chi connectivity index (χ0n) is 18.7. The fraction of sp³-hybridized carbons (Fsp3) is 0.125. The fourth-order valence-corrected chi connectivity index (χ4v) is 3.27. The third kappa shape index (κ3) is 5.96. The molecule has 0 saturated carbocycles. The van der Waals surface area contributed by atoms with Gasteiger partial charge in [0.05, 0.1) is 12.0 Å². The Kier molecular flexibility index (Phi) is 6.67. The number of halogens is 1. The standard InChI is InChI=1S/C24H22FN7O3/c1-32-12-16(28-13-32)10-19(22(26)33)29-21-11-20(23(27)34)30-24(31-21)14-2-6-17(7-3-14)35-18-8-4-15(25)5-9-18/h2-9,11-13,19H,10H2,1H3,(H2,26,33)(H2,27,34)(H,29,30,31)/t19-/m0/s1. The first-order chi connectivity index (χ1) is 16.8. The summed E-state index contributed by atoms with van der Waals surface area (Å²) in [6.45, 7) is 0. The zero-order chi connectivity index (χ0) is 24.9. The maximum absolute atomic E-state index is 13.1. The van der Waals surface area contributed by atoms with Crippen molar-refractivity contribution in [1.82, 2.24) is 19.5 Å². The number of aromatic nitrogens is 4. The predicted molar refractivity (Wildman–Crippen MR) is 126 cm³/mol. The number of carbonyl (C=O) groups excluding carboxylic acids is 2. The van der Waals surface area contributed by atoms with E-state index in [0.717, 1.165) is 0 Å². The van der Waals surface area contributed by atoms with E-state index in [1.165, 1.54) is 30.3 Å². The lowest BCUT2D eigenvalue weighted by Crippen LogP contribution is -2.37. The van der Waals surface area contributed by atoms with Crippen molar-refractivity contribution < 1.29 is 18.7 Å². The molecule has 2 heterocycles. The summed E-state index contributed by atoms with van der Waals surface area (Å²) in [5.74, 6) is -0.334. The van der Waals surface area contributed by atoms with Crippen LogP contribution in [-0.4, -0.2) is 37.4 Å². The first-order valence-electron chi connectivity index (χ1n) is 10.5. The van der Waals surface area contributed by atoms with Gasteiger partial charge in [-0.3, -0.25) is 9.59 Å². The van der Waals surface area contributed by atoms with Crippen LogP contribution < -0.4 is 21.5 Å². The molecule has 0 aliphatic carbocycles. The second-order valence-corrected chi connectivity index (χ2v) is 7.74. The van der Waals surface area contributed by atoms with E-state index in [4.69, 9.17) is 16.2 Å². The summed E-state index contributed by atoms with van der Waals surface area (Å²) in [5, 5.41) is 2.95. The van der Waals surface area contributed by atoms with Crippen molar-refractivity contribution in [3.05, 3.63) is 84.3 Å². The summed E-state index contributed by atoms with van der Waals surface area (Å²) in [7, 11) is 1.81. The van der Waals surface area contributed by atoms with Crippen LogP contribution in [0.15, 0.2) is 67.1 Å². The van der Waals surface area contributed by atoms with E-state index in [9.17, 15) is 14.0 Å². The van der Waals surface area contributed by atoms with Gasteiger partial charge in [-0.1, -0.05) is 0 Å². The molecule has 0 saturated heterocycles. The predicted octanol–water partition coefficient (Wildman–Crippen LogP) is 2.42. The van der Waals surface area contributed by atoms with Gasteiger partial charge in [0.25, 0.3) is 5.91 Å². The monoisotopic (exact) mass is 475 g/mol. The Morgan fingerprint density at radius 2 is 1.71 bits per heavy atom. The minimum absolute atomic E-state index is 0.0369. The second kappa shape index (κ2) is 10.00. The highest BCUT2D eigenvalue weighted by molar-refractivity contribution is 5.92. The van der Waals surface area contributed by atoms with Gasteiger partial charge in [0.15, 0.2) is 5.82 Å². The van der Waals surface area contributed by atoms with E-state index in [-0.39, 0.29) is 29.6 Å². The minimum atomic E-state index is -0.833. The highest BCUT2D eigenvalue weighted by Gasteiger charge is 2.20. The average Bonchev–Trinajstić information content (AvgIpc) is 3.25. The lowest BCUT2D eigenvalue weighted by atomic mass is 10.1. The molecule has 10 nitrogen and oxygen atoms in total. The Hall–Kier alpha value is -4.80. The number of ether oxygens (including phenoxy) is 1. The minimum Gasteiger partial charge on any atom is -0.457 e. The molecule has 0 unspecified atom stereocenters. The van der Waals surface area contributed by atoms with Gasteiger partial charge in [0.2, 0.25) is 5.91 Å². The summed E-state index contributed by atoms with van der Waals surface area (Å²) in [6, 6.07) is 12.9. The van der Waals surface area contributed by atoms with Gasteiger partial charge in [-0.15, -0.1) is 0 Å². The van der Waals surface area contributed by atoms with Crippen molar-refractivity contribution >= 4 is 17.6 Å². The van der Waals surface area contributed by atoms with Crippen molar-refractivity contribution in [1.29, 1.82) is 0 Å². The van der Waals surface area contributed by atoms with Crippen LogP contribution in [0.1, 0.15) is 16.2 Å². The van der Waals surface area contributed by atoms with Gasteiger partial charge in [-0.25, -0.2) is 19.3 Å². The first kappa shape index (κ1) is 23.4. The average molecular weight is 475 g/mol. The van der Waals surface area contributed by atoms with Crippen LogP contribution >= 0.6 is 0 Å². The molecule has 0 aliphatic rings. The Labute approximate surface area is 199 Å². The summed E-state index contributed by atoms with van der Waals surface area (Å²) in [6.07, 6.45) is 3.61. The lowest BCUT2D eigenvalue weighted by Gasteiger charge is -2.16. The van der Waals surface area contributed by atoms with Gasteiger partial charge < -0.3 is 26.1 Å². The van der Waals surface area contributed by atoms with Crippen LogP contribution in [0.2, 0.25) is 0 Å². The van der Waals surface area contributed by atoms with Gasteiger partial charge >= 0.3 is 0 Å². The molecule has 0 fully saturated rings. The van der Waals surface area contributed by atoms with Crippen molar-refractivity contribution in [2.75, 3.05) is 5.32 Å². The first-order valence-corrected chi connectivity index (χ1v) is 10.5. The number of benzene rings is 2. The molecule has 0 bridgehead atoms. The summed E-state index contributed by atoms with van der Waals surface area (Å²) in [5.41, 5.74) is 12.2. The molecule has 4 rings (SSSR count). The number of hydrogen-bond donors (Lipinski definition) is 3. The zero-order valence-corrected chi connectivity index (χ0v) is 18.7. The number of hydrogen-bond acceptors (Lipinski definition) is 7. The third-order valence-electron chi connectivity index (χ3n) is 4.98. The topological polar surface area (TPSA) is 151 Å². The van der Waals surface area contributed by atoms with Gasteiger partial charge in [-0.05, 0) is 48.5 Å². The number of aryl methyl sites for hydroxylation is 1. The Balaban J connectivity index is 1.58. The number of anilines is 1. The quantitative estimate of drug-likeness (QED) is 0.336. The highest BCUT2D eigenvalue weighted by atomic mass is 19.1. The van der Waals surface area contributed by atoms with Crippen LogP contribution in [0.3, 0.4) is 0 Å². The van der Waals surface area contributed by atoms with Crippen LogP contribution in [0.25, 0.3) is 11.4 Å². The van der Waals surface area contributed by atoms with Crippen molar-refractivity contribution in [2.45, 2.75) is 12.5 Å². The summed E-state index contributed by atoms with van der Waals surface area (Å²) >= 11 is 0. The Bertz CT molecular complexity index is 1350. The second-order valence-electron chi connectivity index (χ2n) is 7.74. The molecule has 35 heavy (non-hydrogen) atoms. The molecular weight excluding hydrogens is 453 g/mol. The van der Waals surface area contributed by atoms with Gasteiger partial charge in [0, 0.05) is 31.3 Å². The number of nitrogens with two attached hydrogens (primary N) is 2. The number of carbonyl (C=O) groups is 2. The summed E-state index contributed by atoms with van der Waals surface area (Å²) < 4.78 is 20.5. The van der Waals surface area contributed by atoms with E-state index >= 15 is 0 Å². The Morgan fingerprint density at radius 3 is 2.29 bits per heavy atom. The van der Waals surface area contributed by atoms with Crippen molar-refractivity contribution in [3.8, 4) is 22.9 Å². The van der Waals surface area contributed by atoms with Crippen molar-refractivity contribution in [2.24, 2.45) is 18.5 Å². The molecule has 2 amide bonds. The number of rotatable bonds is 9. The SMILES string of the molecule is Cn1cnc(C[C@H](Nc2cc(C(N)=O)nc(-c3ccc(Oc4ccc(F)cc4)cc3)n2)C(N)=O)c1. The molecule has 11 heteroatoms. The van der Waals surface area contributed by atoms with Gasteiger partial charge in [-0.2, -0.15) is 0 Å². The van der Waals surface area contributed by atoms with Crippen LogP contribution in [0, 0.1) is 5.82 Å². The largest absolute Gasteiger partial charge is 0.457 e. The molecule has 4 aromatic rings. The normalized spacial score (nSPS) is 11.6. The van der Waals surface area contributed by atoms with E-state index in [2.05, 4.69) is 20.3 Å². The third-order valence-corrected chi connectivity index (χ3v) is 4.98. The van der Waals surface area contributed by atoms with E-state index in [1.54, 1.807) is 41.4 Å². The van der Waals surface area contributed by atoms with Crippen molar-refractivity contribution in [3.63, 3.8) is 0 Å². The maximum atomic E-state index is 13.1. The lowest BCUT2D eigenvalue weighted by molar-refractivity contribution is -0.118. The molecule has 1 atom stereocenters.